The predicted molar refractivity (Wildman–Crippen MR) is 75.9 cm³/mol. The zero-order valence-corrected chi connectivity index (χ0v) is 11.8. The Morgan fingerprint density at radius 3 is 2.58 bits per heavy atom. The Balaban J connectivity index is 2.44. The van der Waals surface area contributed by atoms with Gasteiger partial charge in [0.25, 0.3) is 0 Å². The monoisotopic (exact) mass is 267 g/mol. The van der Waals surface area contributed by atoms with Gasteiger partial charge in [0.1, 0.15) is 5.60 Å². The van der Waals surface area contributed by atoms with Crippen molar-refractivity contribution in [3.05, 3.63) is 35.9 Å². The van der Waals surface area contributed by atoms with Crippen LogP contribution in [0.1, 0.15) is 25.8 Å². The van der Waals surface area contributed by atoms with E-state index < -0.39 is 5.60 Å². The Kier molecular flexibility index (Phi) is 7.02. The van der Waals surface area contributed by atoms with E-state index in [2.05, 4.69) is 0 Å². The lowest BCUT2D eigenvalue weighted by Gasteiger charge is -2.27. The molecule has 4 nitrogen and oxygen atoms in total. The minimum Gasteiger partial charge on any atom is -0.384 e. The van der Waals surface area contributed by atoms with E-state index in [0.717, 1.165) is 5.56 Å². The molecule has 0 spiro atoms. The normalized spacial score (nSPS) is 16.0. The maximum Gasteiger partial charge on any atom is 0.104 e. The van der Waals surface area contributed by atoms with Crippen molar-refractivity contribution in [2.24, 2.45) is 5.73 Å². The van der Waals surface area contributed by atoms with Gasteiger partial charge in [0, 0.05) is 19.6 Å². The van der Waals surface area contributed by atoms with Crippen LogP contribution in [0.4, 0.5) is 0 Å². The van der Waals surface area contributed by atoms with Crippen LogP contribution in [-0.4, -0.2) is 37.6 Å². The lowest BCUT2D eigenvalue weighted by Crippen LogP contribution is -2.36. The van der Waals surface area contributed by atoms with E-state index in [0.29, 0.717) is 26.2 Å². The van der Waals surface area contributed by atoms with Gasteiger partial charge in [0.15, 0.2) is 0 Å². The molecule has 0 bridgehead atoms. The molecule has 1 rings (SSSR count). The Bertz CT molecular complexity index is 345. The Morgan fingerprint density at radius 1 is 1.32 bits per heavy atom. The zero-order chi connectivity index (χ0) is 14.1. The van der Waals surface area contributed by atoms with Crippen molar-refractivity contribution >= 4 is 0 Å². The van der Waals surface area contributed by atoms with Gasteiger partial charge in [-0.2, -0.15) is 0 Å². The predicted octanol–water partition coefficient (Wildman–Crippen LogP) is 1.66. The minimum atomic E-state index is -1.02. The second-order valence-electron chi connectivity index (χ2n) is 4.69. The van der Waals surface area contributed by atoms with Gasteiger partial charge in [-0.05, 0) is 19.4 Å². The van der Waals surface area contributed by atoms with Gasteiger partial charge in [0.05, 0.1) is 19.3 Å². The summed E-state index contributed by atoms with van der Waals surface area (Å²) in [7, 11) is 0. The van der Waals surface area contributed by atoms with Gasteiger partial charge in [-0.3, -0.25) is 0 Å². The molecule has 0 aliphatic heterocycles. The summed E-state index contributed by atoms with van der Waals surface area (Å²) in [4.78, 5) is 0. The third kappa shape index (κ3) is 5.28. The molecule has 2 unspecified atom stereocenters. The fourth-order valence-corrected chi connectivity index (χ4v) is 1.87. The van der Waals surface area contributed by atoms with Crippen molar-refractivity contribution in [2.45, 2.75) is 32.0 Å². The maximum atomic E-state index is 10.5. The molecular weight excluding hydrogens is 242 g/mol. The molecule has 0 saturated heterocycles. The van der Waals surface area contributed by atoms with E-state index in [4.69, 9.17) is 15.2 Å². The molecular formula is C15H25NO3. The highest BCUT2D eigenvalue weighted by Gasteiger charge is 2.27. The summed E-state index contributed by atoms with van der Waals surface area (Å²) in [6.45, 7) is 5.80. The number of hydrogen-bond acceptors (Lipinski definition) is 4. The molecule has 1 aromatic carbocycles. The first-order chi connectivity index (χ1) is 9.12. The van der Waals surface area contributed by atoms with Crippen molar-refractivity contribution in [3.63, 3.8) is 0 Å². The molecule has 0 saturated carbocycles. The average molecular weight is 267 g/mol. The fraction of sp³-hybridized carbons (Fsp3) is 0.600. The first-order valence-corrected chi connectivity index (χ1v) is 6.79. The summed E-state index contributed by atoms with van der Waals surface area (Å²) in [5, 5.41) is 10.5. The van der Waals surface area contributed by atoms with Crippen molar-refractivity contribution < 1.29 is 14.6 Å². The topological polar surface area (TPSA) is 64.7 Å². The number of hydrogen-bond donors (Lipinski definition) is 2. The Hall–Kier alpha value is -0.940. The van der Waals surface area contributed by atoms with Crippen LogP contribution in [0.15, 0.2) is 30.3 Å². The van der Waals surface area contributed by atoms with Crippen molar-refractivity contribution in [2.75, 3.05) is 26.4 Å². The third-order valence-corrected chi connectivity index (χ3v) is 3.12. The quantitative estimate of drug-likeness (QED) is 0.714. The highest BCUT2D eigenvalue weighted by Crippen LogP contribution is 2.23. The van der Waals surface area contributed by atoms with E-state index in [-0.39, 0.29) is 12.6 Å². The highest BCUT2D eigenvalue weighted by molar-refractivity contribution is 5.22. The smallest absolute Gasteiger partial charge is 0.104 e. The van der Waals surface area contributed by atoms with Crippen LogP contribution in [0.25, 0.3) is 0 Å². The number of nitrogens with two attached hydrogens (primary N) is 1. The fourth-order valence-electron chi connectivity index (χ4n) is 1.87. The summed E-state index contributed by atoms with van der Waals surface area (Å²) in [6, 6.07) is 9.48. The van der Waals surface area contributed by atoms with Gasteiger partial charge in [-0.15, -0.1) is 0 Å². The zero-order valence-electron chi connectivity index (χ0n) is 11.8. The summed E-state index contributed by atoms with van der Waals surface area (Å²) in [5.74, 6) is 0. The lowest BCUT2D eigenvalue weighted by atomic mass is 9.91. The average Bonchev–Trinajstić information content (AvgIpc) is 2.45. The minimum absolute atomic E-state index is 0.0257. The molecule has 19 heavy (non-hydrogen) atoms. The van der Waals surface area contributed by atoms with Crippen LogP contribution < -0.4 is 5.73 Å². The molecule has 0 radical (unpaired) electrons. The van der Waals surface area contributed by atoms with Gasteiger partial charge < -0.3 is 20.3 Å². The first-order valence-electron chi connectivity index (χ1n) is 6.79. The summed E-state index contributed by atoms with van der Waals surface area (Å²) in [6.07, 6.45) is 0.502. The second-order valence-corrected chi connectivity index (χ2v) is 4.69. The summed E-state index contributed by atoms with van der Waals surface area (Å²) in [5.41, 5.74) is 5.52. The van der Waals surface area contributed by atoms with E-state index in [9.17, 15) is 5.11 Å². The van der Waals surface area contributed by atoms with Crippen LogP contribution in [0, 0.1) is 0 Å². The molecule has 3 N–H and O–H groups in total. The number of aliphatic hydroxyl groups is 1. The van der Waals surface area contributed by atoms with Crippen molar-refractivity contribution in [3.8, 4) is 0 Å². The Labute approximate surface area is 115 Å². The molecule has 0 aliphatic rings. The number of benzene rings is 1. The van der Waals surface area contributed by atoms with Gasteiger partial charge >= 0.3 is 0 Å². The van der Waals surface area contributed by atoms with Gasteiger partial charge in [-0.1, -0.05) is 30.3 Å². The molecule has 0 heterocycles. The highest BCUT2D eigenvalue weighted by atomic mass is 16.5. The molecule has 0 aliphatic carbocycles. The Morgan fingerprint density at radius 2 is 2.00 bits per heavy atom. The number of rotatable bonds is 9. The molecule has 2 atom stereocenters. The van der Waals surface area contributed by atoms with Crippen LogP contribution in [-0.2, 0) is 15.1 Å². The van der Waals surface area contributed by atoms with Crippen LogP contribution >= 0.6 is 0 Å². The third-order valence-electron chi connectivity index (χ3n) is 3.12. The van der Waals surface area contributed by atoms with Crippen LogP contribution in [0.5, 0.6) is 0 Å². The van der Waals surface area contributed by atoms with E-state index in [1.807, 2.05) is 44.2 Å². The van der Waals surface area contributed by atoms with Crippen molar-refractivity contribution in [1.82, 2.24) is 0 Å². The van der Waals surface area contributed by atoms with Crippen LogP contribution in [0.3, 0.4) is 0 Å². The SMILES string of the molecule is CCOCC(C)OCCC(O)(CN)c1ccccc1. The standard InChI is InChI=1S/C15H25NO3/c1-3-18-11-13(2)19-10-9-15(17,12-16)14-7-5-4-6-8-14/h4-8,13,17H,3,9-12,16H2,1-2H3. The maximum absolute atomic E-state index is 10.5. The van der Waals surface area contributed by atoms with E-state index in [1.54, 1.807) is 0 Å². The molecule has 0 aromatic heterocycles. The lowest BCUT2D eigenvalue weighted by molar-refractivity contribution is -0.0392. The molecule has 1 aromatic rings. The largest absolute Gasteiger partial charge is 0.384 e. The van der Waals surface area contributed by atoms with Gasteiger partial charge in [-0.25, -0.2) is 0 Å². The van der Waals surface area contributed by atoms with E-state index >= 15 is 0 Å². The van der Waals surface area contributed by atoms with Crippen molar-refractivity contribution in [1.29, 1.82) is 0 Å². The molecule has 0 fully saturated rings. The van der Waals surface area contributed by atoms with E-state index in [1.165, 1.54) is 0 Å². The second kappa shape index (κ2) is 8.27. The molecule has 108 valence electrons. The molecule has 4 heteroatoms. The molecule has 0 amide bonds. The first kappa shape index (κ1) is 16.1. The summed E-state index contributed by atoms with van der Waals surface area (Å²) < 4.78 is 10.9. The number of ether oxygens (including phenoxy) is 2. The summed E-state index contributed by atoms with van der Waals surface area (Å²) >= 11 is 0. The van der Waals surface area contributed by atoms with Gasteiger partial charge in [0.2, 0.25) is 0 Å². The van der Waals surface area contributed by atoms with Crippen LogP contribution in [0.2, 0.25) is 0 Å².